The molecule has 0 radical (unpaired) electrons. The van der Waals surface area contributed by atoms with Crippen LogP contribution in [0.4, 0.5) is 10.5 Å². The van der Waals surface area contributed by atoms with Crippen LogP contribution in [-0.2, 0) is 4.74 Å². The quantitative estimate of drug-likeness (QED) is 0.767. The Hall–Kier alpha value is -2.51. The molecule has 4 aliphatic rings. The zero-order chi connectivity index (χ0) is 21.4. The van der Waals surface area contributed by atoms with E-state index >= 15 is 0 Å². The van der Waals surface area contributed by atoms with E-state index in [1.165, 1.54) is 25.1 Å². The Morgan fingerprint density at radius 3 is 2.40 bits per heavy atom. The van der Waals surface area contributed by atoms with Crippen LogP contribution in [0.5, 0.6) is 0 Å². The van der Waals surface area contributed by atoms with Gasteiger partial charge >= 0.3 is 12.1 Å². The summed E-state index contributed by atoms with van der Waals surface area (Å²) in [4.78, 5) is 38.5. The molecule has 5 rings (SSSR count). The third-order valence-corrected chi connectivity index (χ3v) is 6.87. The number of carbonyl (C=O) groups excluding carboxylic acids is 1. The van der Waals surface area contributed by atoms with Crippen molar-refractivity contribution in [3.05, 3.63) is 28.2 Å². The fourth-order valence-corrected chi connectivity index (χ4v) is 5.04. The molecule has 2 N–H and O–H groups in total. The monoisotopic (exact) mass is 415 g/mol. The minimum atomic E-state index is -1.03. The van der Waals surface area contributed by atoms with E-state index < -0.39 is 11.6 Å². The van der Waals surface area contributed by atoms with Crippen LogP contribution in [0.1, 0.15) is 56.4 Å². The van der Waals surface area contributed by atoms with Gasteiger partial charge in [0.1, 0.15) is 5.60 Å². The van der Waals surface area contributed by atoms with Crippen LogP contribution in [0, 0.1) is 23.7 Å². The average Bonchev–Trinajstić information content (AvgIpc) is 3.53. The summed E-state index contributed by atoms with van der Waals surface area (Å²) in [6.45, 7) is 6.70. The number of ether oxygens (including phenoxy) is 1. The van der Waals surface area contributed by atoms with Crippen molar-refractivity contribution in [3.63, 3.8) is 0 Å². The van der Waals surface area contributed by atoms with E-state index in [0.29, 0.717) is 30.6 Å². The predicted octanol–water partition coefficient (Wildman–Crippen LogP) is 2.79. The maximum absolute atomic E-state index is 12.7. The SMILES string of the molecule is CC(C)(C)OC(=O)N1C[C@@H]2C(Nc3cc(=O)n(C4CC4C4CC4)cc3C(=O)O)[C@@H]2C1. The average molecular weight is 415 g/mol. The lowest BCUT2D eigenvalue weighted by atomic mass is 10.2. The van der Waals surface area contributed by atoms with E-state index in [-0.39, 0.29) is 41.1 Å². The third kappa shape index (κ3) is 3.56. The highest BCUT2D eigenvalue weighted by Gasteiger charge is 2.57. The van der Waals surface area contributed by atoms with Crippen molar-refractivity contribution in [2.24, 2.45) is 23.7 Å². The van der Waals surface area contributed by atoms with Crippen molar-refractivity contribution in [1.82, 2.24) is 9.47 Å². The van der Waals surface area contributed by atoms with Crippen molar-refractivity contribution in [3.8, 4) is 0 Å². The molecule has 3 aliphatic carbocycles. The Labute approximate surface area is 175 Å². The summed E-state index contributed by atoms with van der Waals surface area (Å²) in [5.41, 5.74) is -0.139. The molecule has 2 heterocycles. The lowest BCUT2D eigenvalue weighted by Crippen LogP contribution is -2.38. The van der Waals surface area contributed by atoms with Crippen LogP contribution >= 0.6 is 0 Å². The molecule has 8 heteroatoms. The highest BCUT2D eigenvalue weighted by molar-refractivity contribution is 5.94. The predicted molar refractivity (Wildman–Crippen MR) is 110 cm³/mol. The summed E-state index contributed by atoms with van der Waals surface area (Å²) < 4.78 is 7.05. The number of aromatic nitrogens is 1. The number of nitrogens with zero attached hydrogens (tertiary/aromatic N) is 2. The Morgan fingerprint density at radius 1 is 1.17 bits per heavy atom. The Bertz CT molecular complexity index is 949. The molecule has 1 aromatic heterocycles. The highest BCUT2D eigenvalue weighted by Crippen LogP contribution is 2.56. The van der Waals surface area contributed by atoms with E-state index in [2.05, 4.69) is 5.32 Å². The molecular formula is C22H29N3O5. The lowest BCUT2D eigenvalue weighted by molar-refractivity contribution is 0.0272. The number of carboxylic acid groups (broad SMARTS) is 1. The number of rotatable bonds is 5. The lowest BCUT2D eigenvalue weighted by Gasteiger charge is -2.26. The number of pyridine rings is 1. The van der Waals surface area contributed by atoms with E-state index in [1.54, 1.807) is 9.47 Å². The molecule has 1 amide bonds. The number of aromatic carboxylic acids is 1. The van der Waals surface area contributed by atoms with Crippen molar-refractivity contribution in [1.29, 1.82) is 0 Å². The number of amides is 1. The molecule has 5 atom stereocenters. The Kier molecular flexibility index (Phi) is 4.21. The molecule has 0 spiro atoms. The first-order chi connectivity index (χ1) is 14.1. The third-order valence-electron chi connectivity index (χ3n) is 6.87. The van der Waals surface area contributed by atoms with Gasteiger partial charge in [-0.15, -0.1) is 0 Å². The summed E-state index contributed by atoms with van der Waals surface area (Å²) in [6.07, 6.45) is 4.64. The number of anilines is 1. The van der Waals surface area contributed by atoms with Gasteiger partial charge in [0.05, 0.1) is 11.3 Å². The highest BCUT2D eigenvalue weighted by atomic mass is 16.6. The summed E-state index contributed by atoms with van der Waals surface area (Å²) in [5.74, 6) is 0.723. The number of fused-ring (bicyclic) bond motifs is 1. The van der Waals surface area contributed by atoms with Gasteiger partial charge in [-0.05, 0) is 51.9 Å². The maximum atomic E-state index is 12.7. The van der Waals surface area contributed by atoms with Gasteiger partial charge in [0, 0.05) is 49.3 Å². The topological polar surface area (TPSA) is 101 Å². The molecule has 4 fully saturated rings. The standard InChI is InChI=1S/C22H29N3O5/c1-22(2,3)30-21(29)24-8-13-14(9-24)19(13)23-16-7-18(26)25(10-15(16)20(27)28)17-6-12(17)11-4-5-11/h7,10-14,17,19,23H,4-6,8-9H2,1-3H3,(H,27,28)/t12?,13-,14+,17?,19?. The van der Waals surface area contributed by atoms with Gasteiger partial charge < -0.3 is 24.6 Å². The van der Waals surface area contributed by atoms with Gasteiger partial charge in [-0.25, -0.2) is 9.59 Å². The van der Waals surface area contributed by atoms with Crippen LogP contribution in [-0.4, -0.2) is 51.4 Å². The summed E-state index contributed by atoms with van der Waals surface area (Å²) >= 11 is 0. The van der Waals surface area contributed by atoms with Crippen molar-refractivity contribution >= 4 is 17.7 Å². The molecule has 3 saturated carbocycles. The van der Waals surface area contributed by atoms with Crippen LogP contribution in [0.2, 0.25) is 0 Å². The summed E-state index contributed by atoms with van der Waals surface area (Å²) in [7, 11) is 0. The number of hydrogen-bond donors (Lipinski definition) is 2. The number of piperidine rings is 1. The molecule has 0 bridgehead atoms. The van der Waals surface area contributed by atoms with Crippen molar-refractivity contribution in [2.45, 2.75) is 57.7 Å². The molecule has 0 aromatic carbocycles. The fourth-order valence-electron chi connectivity index (χ4n) is 5.04. The second-order valence-corrected chi connectivity index (χ2v) is 10.3. The molecular weight excluding hydrogens is 386 g/mol. The Balaban J connectivity index is 1.25. The minimum Gasteiger partial charge on any atom is -0.478 e. The van der Waals surface area contributed by atoms with Gasteiger partial charge in [0.2, 0.25) is 0 Å². The number of carbonyl (C=O) groups is 2. The van der Waals surface area contributed by atoms with Crippen LogP contribution in [0.3, 0.4) is 0 Å². The van der Waals surface area contributed by atoms with Gasteiger partial charge in [-0.1, -0.05) is 0 Å². The summed E-state index contributed by atoms with van der Waals surface area (Å²) in [5, 5.41) is 13.0. The fraction of sp³-hybridized carbons (Fsp3) is 0.682. The molecule has 1 saturated heterocycles. The van der Waals surface area contributed by atoms with Gasteiger partial charge in [-0.2, -0.15) is 0 Å². The van der Waals surface area contributed by atoms with Crippen LogP contribution < -0.4 is 10.9 Å². The maximum Gasteiger partial charge on any atom is 0.410 e. The summed E-state index contributed by atoms with van der Waals surface area (Å²) in [6, 6.07) is 1.67. The number of hydrogen-bond acceptors (Lipinski definition) is 5. The smallest absolute Gasteiger partial charge is 0.410 e. The van der Waals surface area contributed by atoms with Crippen LogP contribution in [0.25, 0.3) is 0 Å². The second-order valence-electron chi connectivity index (χ2n) is 10.3. The molecule has 162 valence electrons. The zero-order valence-electron chi connectivity index (χ0n) is 17.6. The molecule has 1 aliphatic heterocycles. The van der Waals surface area contributed by atoms with E-state index in [1.807, 2.05) is 20.8 Å². The molecule has 30 heavy (non-hydrogen) atoms. The first-order valence-electron chi connectivity index (χ1n) is 10.9. The normalized spacial score (nSPS) is 31.8. The first-order valence-corrected chi connectivity index (χ1v) is 10.9. The molecule has 1 aromatic rings. The minimum absolute atomic E-state index is 0.0807. The largest absolute Gasteiger partial charge is 0.478 e. The second kappa shape index (κ2) is 6.49. The molecule has 8 nitrogen and oxygen atoms in total. The van der Waals surface area contributed by atoms with Gasteiger partial charge in [0.25, 0.3) is 5.56 Å². The zero-order valence-corrected chi connectivity index (χ0v) is 17.6. The van der Waals surface area contributed by atoms with Gasteiger partial charge in [0.15, 0.2) is 0 Å². The van der Waals surface area contributed by atoms with E-state index in [0.717, 1.165) is 6.42 Å². The van der Waals surface area contributed by atoms with Crippen molar-refractivity contribution in [2.75, 3.05) is 18.4 Å². The number of nitrogens with one attached hydrogen (secondary N) is 1. The number of carboxylic acids is 1. The molecule has 3 unspecified atom stereocenters. The van der Waals surface area contributed by atoms with Gasteiger partial charge in [-0.3, -0.25) is 4.79 Å². The van der Waals surface area contributed by atoms with E-state index in [4.69, 9.17) is 4.74 Å². The number of likely N-dealkylation sites (tertiary alicyclic amines) is 1. The first kappa shape index (κ1) is 19.5. The van der Waals surface area contributed by atoms with Crippen LogP contribution in [0.15, 0.2) is 17.1 Å². The Morgan fingerprint density at radius 2 is 1.83 bits per heavy atom. The van der Waals surface area contributed by atoms with E-state index in [9.17, 15) is 19.5 Å². The van der Waals surface area contributed by atoms with Crippen molar-refractivity contribution < 1.29 is 19.4 Å².